The third kappa shape index (κ3) is 4.91. The van der Waals surface area contributed by atoms with Crippen LogP contribution < -0.4 is 20.7 Å². The Morgan fingerprint density at radius 3 is 2.62 bits per heavy atom. The molecule has 1 aliphatic heterocycles. The van der Waals surface area contributed by atoms with Gasteiger partial charge in [-0.2, -0.15) is 0 Å². The number of hydrogen-bond donors (Lipinski definition) is 3. The van der Waals surface area contributed by atoms with Crippen LogP contribution in [0.4, 0.5) is 5.69 Å². The van der Waals surface area contributed by atoms with Crippen molar-refractivity contribution in [3.05, 3.63) is 29.3 Å². The van der Waals surface area contributed by atoms with E-state index < -0.39 is 0 Å². The van der Waals surface area contributed by atoms with Crippen molar-refractivity contribution in [3.8, 4) is 0 Å². The molecular formula is C14H20ClN4O2+. The Hall–Kier alpha value is -1.79. The summed E-state index contributed by atoms with van der Waals surface area (Å²) in [4.78, 5) is 25.8. The standard InChI is InChI=1S/C14H19ClN4O2/c1-11(20)16-17-14(21)10-18-5-7-19(8-6-18)13-4-2-3-12(15)9-13/h2-4,9H,5-8,10H2,1H3,(H,16,20)(H,17,21)/p+1. The lowest BCUT2D eigenvalue weighted by molar-refractivity contribution is -0.892. The topological polar surface area (TPSA) is 65.9 Å². The maximum atomic E-state index is 11.6. The maximum absolute atomic E-state index is 11.6. The monoisotopic (exact) mass is 311 g/mol. The van der Waals surface area contributed by atoms with Crippen LogP contribution in [-0.4, -0.2) is 44.5 Å². The van der Waals surface area contributed by atoms with Crippen molar-refractivity contribution in [2.75, 3.05) is 37.6 Å². The molecule has 0 saturated carbocycles. The van der Waals surface area contributed by atoms with Crippen LogP contribution in [0.25, 0.3) is 0 Å². The van der Waals surface area contributed by atoms with Gasteiger partial charge in [-0.25, -0.2) is 0 Å². The van der Waals surface area contributed by atoms with Crippen molar-refractivity contribution >= 4 is 29.1 Å². The highest BCUT2D eigenvalue weighted by atomic mass is 35.5. The van der Waals surface area contributed by atoms with Gasteiger partial charge in [0.15, 0.2) is 6.54 Å². The van der Waals surface area contributed by atoms with Gasteiger partial charge in [0.1, 0.15) is 0 Å². The van der Waals surface area contributed by atoms with Crippen LogP contribution in [0.15, 0.2) is 24.3 Å². The Morgan fingerprint density at radius 2 is 2.00 bits per heavy atom. The highest BCUT2D eigenvalue weighted by Crippen LogP contribution is 2.19. The summed E-state index contributed by atoms with van der Waals surface area (Å²) < 4.78 is 0. The second-order valence-electron chi connectivity index (χ2n) is 5.12. The number of hydrogen-bond acceptors (Lipinski definition) is 3. The van der Waals surface area contributed by atoms with E-state index in [-0.39, 0.29) is 11.8 Å². The van der Waals surface area contributed by atoms with Crippen molar-refractivity contribution in [1.29, 1.82) is 0 Å². The van der Waals surface area contributed by atoms with Crippen molar-refractivity contribution in [2.24, 2.45) is 0 Å². The molecule has 2 rings (SSSR count). The molecule has 114 valence electrons. The minimum atomic E-state index is -0.274. The van der Waals surface area contributed by atoms with E-state index in [4.69, 9.17) is 11.6 Å². The number of nitrogens with one attached hydrogen (secondary N) is 3. The van der Waals surface area contributed by atoms with Crippen molar-refractivity contribution < 1.29 is 14.5 Å². The smallest absolute Gasteiger partial charge is 0.293 e. The molecule has 1 aromatic carbocycles. The number of hydrazine groups is 1. The summed E-state index contributed by atoms with van der Waals surface area (Å²) in [6.07, 6.45) is 0. The number of anilines is 1. The summed E-state index contributed by atoms with van der Waals surface area (Å²) in [6, 6.07) is 7.80. The second kappa shape index (κ2) is 7.28. The summed E-state index contributed by atoms with van der Waals surface area (Å²) >= 11 is 6.00. The fourth-order valence-corrected chi connectivity index (χ4v) is 2.54. The molecule has 0 radical (unpaired) electrons. The van der Waals surface area contributed by atoms with Gasteiger partial charge in [0.05, 0.1) is 26.2 Å². The second-order valence-corrected chi connectivity index (χ2v) is 5.56. The van der Waals surface area contributed by atoms with E-state index in [1.165, 1.54) is 11.8 Å². The lowest BCUT2D eigenvalue weighted by Gasteiger charge is -2.33. The van der Waals surface area contributed by atoms with Gasteiger partial charge < -0.3 is 9.80 Å². The van der Waals surface area contributed by atoms with E-state index in [0.717, 1.165) is 36.9 Å². The summed E-state index contributed by atoms with van der Waals surface area (Å²) in [5.74, 6) is -0.444. The Kier molecular flexibility index (Phi) is 5.41. The van der Waals surface area contributed by atoms with Crippen molar-refractivity contribution in [1.82, 2.24) is 10.9 Å². The summed E-state index contributed by atoms with van der Waals surface area (Å²) in [7, 11) is 0. The lowest BCUT2D eigenvalue weighted by atomic mass is 10.2. The molecule has 7 heteroatoms. The molecule has 0 bridgehead atoms. The molecule has 0 spiro atoms. The molecule has 2 amide bonds. The van der Waals surface area contributed by atoms with Crippen LogP contribution in [0, 0.1) is 0 Å². The first-order valence-corrected chi connectivity index (χ1v) is 7.32. The van der Waals surface area contributed by atoms with Gasteiger partial charge in [0.25, 0.3) is 5.91 Å². The zero-order valence-electron chi connectivity index (χ0n) is 12.0. The maximum Gasteiger partial charge on any atom is 0.293 e. The fourth-order valence-electron chi connectivity index (χ4n) is 2.36. The van der Waals surface area contributed by atoms with Crippen LogP contribution >= 0.6 is 11.6 Å². The first-order chi connectivity index (χ1) is 10.0. The van der Waals surface area contributed by atoms with Crippen LogP contribution in [0.2, 0.25) is 5.02 Å². The summed E-state index contributed by atoms with van der Waals surface area (Å²) in [5.41, 5.74) is 5.80. The molecule has 3 N–H and O–H groups in total. The number of piperazine rings is 1. The zero-order chi connectivity index (χ0) is 15.2. The first-order valence-electron chi connectivity index (χ1n) is 6.94. The Morgan fingerprint density at radius 1 is 1.29 bits per heavy atom. The summed E-state index contributed by atoms with van der Waals surface area (Å²) in [5, 5.41) is 0.733. The molecule has 1 aliphatic rings. The highest BCUT2D eigenvalue weighted by Gasteiger charge is 2.22. The third-order valence-electron chi connectivity index (χ3n) is 3.43. The van der Waals surface area contributed by atoms with Gasteiger partial charge in [0.2, 0.25) is 5.91 Å². The van der Waals surface area contributed by atoms with Crippen LogP contribution in [0.3, 0.4) is 0 Å². The van der Waals surface area contributed by atoms with Crippen LogP contribution in [-0.2, 0) is 9.59 Å². The molecule has 1 heterocycles. The number of amides is 2. The van der Waals surface area contributed by atoms with Gasteiger partial charge in [0, 0.05) is 17.6 Å². The molecule has 21 heavy (non-hydrogen) atoms. The Balaban J connectivity index is 1.78. The number of carbonyl (C=O) groups excluding carboxylic acids is 2. The molecular weight excluding hydrogens is 292 g/mol. The average Bonchev–Trinajstić information content (AvgIpc) is 2.46. The van der Waals surface area contributed by atoms with Crippen LogP contribution in [0.5, 0.6) is 0 Å². The fraction of sp³-hybridized carbons (Fsp3) is 0.429. The molecule has 1 saturated heterocycles. The molecule has 0 atom stereocenters. The van der Waals surface area contributed by atoms with Gasteiger partial charge in [-0.05, 0) is 18.2 Å². The van der Waals surface area contributed by atoms with Gasteiger partial charge >= 0.3 is 0 Å². The SMILES string of the molecule is CC(=O)NNC(=O)C[NH+]1CCN(c2cccc(Cl)c2)CC1. The Labute approximate surface area is 129 Å². The van der Waals surface area contributed by atoms with E-state index in [2.05, 4.69) is 15.8 Å². The molecule has 1 fully saturated rings. The predicted molar refractivity (Wildman–Crippen MR) is 81.2 cm³/mol. The lowest BCUT2D eigenvalue weighted by Crippen LogP contribution is -3.16. The molecule has 0 unspecified atom stereocenters. The minimum Gasteiger partial charge on any atom is -0.360 e. The molecule has 0 aromatic heterocycles. The molecule has 6 nitrogen and oxygen atoms in total. The van der Waals surface area contributed by atoms with Gasteiger partial charge in [-0.3, -0.25) is 20.4 Å². The van der Waals surface area contributed by atoms with E-state index >= 15 is 0 Å². The first kappa shape index (κ1) is 15.6. The van der Waals surface area contributed by atoms with E-state index in [9.17, 15) is 9.59 Å². The third-order valence-corrected chi connectivity index (χ3v) is 3.67. The number of nitrogens with zero attached hydrogens (tertiary/aromatic N) is 1. The van der Waals surface area contributed by atoms with E-state index in [0.29, 0.717) is 6.54 Å². The van der Waals surface area contributed by atoms with Gasteiger partial charge in [-0.15, -0.1) is 0 Å². The largest absolute Gasteiger partial charge is 0.360 e. The average molecular weight is 312 g/mol. The van der Waals surface area contributed by atoms with Crippen LogP contribution in [0.1, 0.15) is 6.92 Å². The Bertz CT molecular complexity index is 515. The minimum absolute atomic E-state index is 0.170. The van der Waals surface area contributed by atoms with E-state index in [1.807, 2.05) is 24.3 Å². The summed E-state index contributed by atoms with van der Waals surface area (Å²) in [6.45, 7) is 5.23. The number of carbonyl (C=O) groups is 2. The molecule has 1 aromatic rings. The number of benzene rings is 1. The molecule has 0 aliphatic carbocycles. The highest BCUT2D eigenvalue weighted by molar-refractivity contribution is 6.30. The number of rotatable bonds is 3. The normalized spacial score (nSPS) is 15.6. The number of quaternary nitrogens is 1. The zero-order valence-corrected chi connectivity index (χ0v) is 12.7. The predicted octanol–water partition coefficient (Wildman–Crippen LogP) is -0.788. The van der Waals surface area contributed by atoms with Crippen molar-refractivity contribution in [3.63, 3.8) is 0 Å². The van der Waals surface area contributed by atoms with E-state index in [1.54, 1.807) is 0 Å². The van der Waals surface area contributed by atoms with Gasteiger partial charge in [-0.1, -0.05) is 17.7 Å². The van der Waals surface area contributed by atoms with Crippen molar-refractivity contribution in [2.45, 2.75) is 6.92 Å². The quantitative estimate of drug-likeness (QED) is 0.641. The number of halogens is 1.